The number of aliphatic carboxylic acids is 8. The molecule has 0 amide bonds. The largest absolute Gasteiger partial charge is 1.00 e. The molecule has 0 spiro atoms. The van der Waals surface area contributed by atoms with E-state index in [1.807, 2.05) is 146 Å². The van der Waals surface area contributed by atoms with Gasteiger partial charge in [0.15, 0.2) is 0 Å². The molecule has 0 atom stereocenters. The summed E-state index contributed by atoms with van der Waals surface area (Å²) in [5.74, 6) is -10.8. The van der Waals surface area contributed by atoms with Crippen molar-refractivity contribution in [2.24, 2.45) is 0 Å². The minimum Gasteiger partial charge on any atom is -0.550 e. The van der Waals surface area contributed by atoms with Crippen molar-refractivity contribution in [3.8, 4) is 0 Å². The third-order valence-corrected chi connectivity index (χ3v) is 11.6. The van der Waals surface area contributed by atoms with Crippen molar-refractivity contribution in [2.75, 3.05) is 0 Å². The number of hydrogen-bond acceptors (Lipinski definition) is 12. The van der Waals surface area contributed by atoms with Crippen LogP contribution in [-0.4, -0.2) is 101 Å². The number of carbonyl (C=O) groups excluding carboxylic acids is 2. The zero-order chi connectivity index (χ0) is 65.4. The van der Waals surface area contributed by atoms with E-state index in [0.29, 0.717) is 36.8 Å². The fraction of sp³-hybridized carbons (Fsp3) is 0.303. The van der Waals surface area contributed by atoms with Crippen LogP contribution in [0.15, 0.2) is 170 Å². The summed E-state index contributed by atoms with van der Waals surface area (Å²) in [6.45, 7) is 12.6. The summed E-state index contributed by atoms with van der Waals surface area (Å²) < 4.78 is 0. The van der Waals surface area contributed by atoms with E-state index < -0.39 is 84.4 Å². The molecule has 462 valence electrons. The van der Waals surface area contributed by atoms with E-state index in [4.69, 9.17) is 30.6 Å². The quantitative estimate of drug-likeness (QED) is 0.0374. The van der Waals surface area contributed by atoms with Gasteiger partial charge in [-0.3, -0.25) is 28.8 Å². The molecule has 6 rings (SSSR count). The van der Waals surface area contributed by atoms with Crippen molar-refractivity contribution in [1.29, 1.82) is 0 Å². The number of aromatic carboxylic acids is 2. The molecule has 20 nitrogen and oxygen atoms in total. The number of rotatable bonds is 21. The SMILES string of the molecule is CC(C)(C)c1ccc(C(=O)O)cc1.CC(C)(C)c1ccc(C(=O)O)cc1.O=C(O)C(c1ccccc1)c1ccccc1.O=C(O)C(c1ccccc1)c1ccccc1.O=C(O)CCCCC(=O)O.O=C(O)CCCCC(=O)O.O=C([O-])CCC(=O)[O-].[Na+].[Na+]. The first-order chi connectivity index (χ1) is 40.3. The summed E-state index contributed by atoms with van der Waals surface area (Å²) in [6, 6.07) is 51.1. The average molecular weight is 1240 g/mol. The predicted molar refractivity (Wildman–Crippen MR) is 316 cm³/mol. The second kappa shape index (κ2) is 46.2. The molecule has 0 unspecified atom stereocenters. The van der Waals surface area contributed by atoms with Gasteiger partial charge in [-0.05, 0) is 107 Å². The van der Waals surface area contributed by atoms with Crippen molar-refractivity contribution in [1.82, 2.24) is 0 Å². The van der Waals surface area contributed by atoms with Gasteiger partial charge in [-0.1, -0.05) is 187 Å². The zero-order valence-corrected chi connectivity index (χ0v) is 54.9. The molecule has 6 aromatic rings. The smallest absolute Gasteiger partial charge is 0.550 e. The van der Waals surface area contributed by atoms with Gasteiger partial charge < -0.3 is 60.7 Å². The summed E-state index contributed by atoms with van der Waals surface area (Å²) in [7, 11) is 0. The third-order valence-electron chi connectivity index (χ3n) is 11.6. The van der Waals surface area contributed by atoms with Crippen molar-refractivity contribution in [2.45, 2.75) is 128 Å². The molecule has 22 heteroatoms. The van der Waals surface area contributed by atoms with Crippen molar-refractivity contribution < 1.29 is 158 Å². The molecule has 0 heterocycles. The topological polar surface area (TPSA) is 379 Å². The van der Waals surface area contributed by atoms with Crippen LogP contribution in [0.4, 0.5) is 0 Å². The molecule has 0 radical (unpaired) electrons. The van der Waals surface area contributed by atoms with Crippen LogP contribution in [0.5, 0.6) is 0 Å². The van der Waals surface area contributed by atoms with E-state index in [-0.39, 0.29) is 95.6 Å². The average Bonchev–Trinajstić information content (AvgIpc) is 3.56. The van der Waals surface area contributed by atoms with Gasteiger partial charge in [-0.25, -0.2) is 9.59 Å². The Morgan fingerprint density at radius 2 is 0.511 bits per heavy atom. The Balaban J connectivity index is -0.000000967. The van der Waals surface area contributed by atoms with Crippen molar-refractivity contribution >= 4 is 59.7 Å². The van der Waals surface area contributed by atoms with Gasteiger partial charge in [-0.15, -0.1) is 0 Å². The van der Waals surface area contributed by atoms with Crippen LogP contribution in [0, 0.1) is 0 Å². The van der Waals surface area contributed by atoms with E-state index in [0.717, 1.165) is 33.4 Å². The number of carbonyl (C=O) groups is 10. The maximum absolute atomic E-state index is 11.3. The van der Waals surface area contributed by atoms with E-state index in [1.165, 1.54) is 0 Å². The number of benzene rings is 6. The molecule has 0 aliphatic carbocycles. The van der Waals surface area contributed by atoms with E-state index in [9.17, 15) is 68.4 Å². The maximum Gasteiger partial charge on any atom is 1.00 e. The molecule has 0 aliphatic heterocycles. The van der Waals surface area contributed by atoms with Crippen molar-refractivity contribution in [3.05, 3.63) is 214 Å². The minimum atomic E-state index is -1.37. The Bertz CT molecular complexity index is 2700. The Morgan fingerprint density at radius 1 is 0.318 bits per heavy atom. The monoisotopic (exact) mass is 1230 g/mol. The van der Waals surface area contributed by atoms with Gasteiger partial charge in [0.1, 0.15) is 11.8 Å². The van der Waals surface area contributed by atoms with Crippen LogP contribution in [0.25, 0.3) is 0 Å². The summed E-state index contributed by atoms with van der Waals surface area (Å²) in [6.07, 6.45) is 1.10. The van der Waals surface area contributed by atoms with Gasteiger partial charge in [0.2, 0.25) is 0 Å². The Labute approximate surface area is 556 Å². The first-order valence-corrected chi connectivity index (χ1v) is 26.9. The number of carboxylic acid groups (broad SMARTS) is 10. The second-order valence-electron chi connectivity index (χ2n) is 20.7. The van der Waals surface area contributed by atoms with Crippen molar-refractivity contribution in [3.63, 3.8) is 0 Å². The summed E-state index contributed by atoms with van der Waals surface area (Å²) in [4.78, 5) is 102. The second-order valence-corrected chi connectivity index (χ2v) is 20.7. The molecule has 88 heavy (non-hydrogen) atoms. The van der Waals surface area contributed by atoms with Crippen LogP contribution < -0.4 is 69.3 Å². The summed E-state index contributed by atoms with van der Waals surface area (Å²) in [5.41, 5.74) is 6.37. The standard InChI is InChI=1S/2C14H12O2.2C11H14O2.2C6H10O4.C4H6O4.2Na/c2*15-14(16)13(11-7-3-1-4-8-11)12-9-5-2-6-10-12;2*1-11(2,3)9-6-4-8(5-7-9)10(12)13;2*7-5(8)3-1-2-4-6(9)10;5-3(6)1-2-4(7)8;;/h2*1-10,13H,(H,15,16);2*4-7H,1-3H3,(H,12,13);2*1-4H2,(H,7,8)(H,9,10);1-2H2,(H,5,6)(H,7,8);;/q;;;;;;;2*+1/p-2. The molecule has 0 saturated heterocycles. The van der Waals surface area contributed by atoms with Crippen LogP contribution in [-0.2, 0) is 49.2 Å². The molecule has 0 saturated carbocycles. The van der Waals surface area contributed by atoms with Gasteiger partial charge in [0.05, 0.1) is 11.1 Å². The van der Waals surface area contributed by atoms with Crippen LogP contribution >= 0.6 is 0 Å². The molecule has 0 fully saturated rings. The summed E-state index contributed by atoms with van der Waals surface area (Å²) in [5, 5.41) is 87.4. The zero-order valence-electron chi connectivity index (χ0n) is 50.9. The molecule has 0 aliphatic rings. The fourth-order valence-electron chi connectivity index (χ4n) is 7.07. The van der Waals surface area contributed by atoms with Gasteiger partial charge >= 0.3 is 107 Å². The molecular weight excluding hydrogens is 1160 g/mol. The maximum atomic E-state index is 11.3. The van der Waals surface area contributed by atoms with Crippen LogP contribution in [0.1, 0.15) is 172 Å². The first kappa shape index (κ1) is 84.2. The Kier molecular flexibility index (Phi) is 44.2. The molecule has 6 aromatic carbocycles. The van der Waals surface area contributed by atoms with Crippen LogP contribution in [0.2, 0.25) is 0 Å². The normalized spacial score (nSPS) is 9.95. The first-order valence-electron chi connectivity index (χ1n) is 26.9. The Morgan fingerprint density at radius 3 is 0.648 bits per heavy atom. The number of carboxylic acids is 10. The van der Waals surface area contributed by atoms with E-state index >= 15 is 0 Å². The number of hydrogen-bond donors (Lipinski definition) is 8. The molecular formula is C66H76Na2O20. The fourth-order valence-corrected chi connectivity index (χ4v) is 7.07. The van der Waals surface area contributed by atoms with Gasteiger partial charge in [0.25, 0.3) is 0 Å². The molecule has 0 aromatic heterocycles. The minimum absolute atomic E-state index is 0. The molecule has 0 bridgehead atoms. The van der Waals surface area contributed by atoms with E-state index in [2.05, 4.69) is 41.5 Å². The Hall–Kier alpha value is -7.98. The third kappa shape index (κ3) is 40.4. The molecule has 8 N–H and O–H groups in total. The predicted octanol–water partition coefficient (Wildman–Crippen LogP) is 3.88. The van der Waals surface area contributed by atoms with Gasteiger partial charge in [-0.2, -0.15) is 0 Å². The number of unbranched alkanes of at least 4 members (excludes halogenated alkanes) is 2. The summed E-state index contributed by atoms with van der Waals surface area (Å²) >= 11 is 0. The van der Waals surface area contributed by atoms with Gasteiger partial charge in [0, 0.05) is 37.6 Å². The van der Waals surface area contributed by atoms with E-state index in [1.54, 1.807) is 24.3 Å². The van der Waals surface area contributed by atoms with Crippen LogP contribution in [0.3, 0.4) is 0 Å².